The van der Waals surface area contributed by atoms with E-state index in [0.717, 1.165) is 25.4 Å². The predicted molar refractivity (Wildman–Crippen MR) is 88.1 cm³/mol. The number of nitrogens with two attached hydrogens (primary N) is 1. The van der Waals surface area contributed by atoms with E-state index in [2.05, 4.69) is 15.9 Å². The molecule has 0 saturated carbocycles. The van der Waals surface area contributed by atoms with Crippen molar-refractivity contribution in [1.82, 2.24) is 0 Å². The summed E-state index contributed by atoms with van der Waals surface area (Å²) in [6.45, 7) is 0.694. The Bertz CT molecular complexity index is 787. The molecule has 5 heteroatoms. The molecule has 0 aliphatic rings. The summed E-state index contributed by atoms with van der Waals surface area (Å²) >= 11 is 4.92. The van der Waals surface area contributed by atoms with Crippen LogP contribution in [0.1, 0.15) is 10.4 Å². The highest BCUT2D eigenvalue weighted by Gasteiger charge is 2.15. The summed E-state index contributed by atoms with van der Waals surface area (Å²) in [5.74, 6) is 0.513. The van der Waals surface area contributed by atoms with Crippen molar-refractivity contribution >= 4 is 37.4 Å². The molecular formula is C16H13BrFNOS. The van der Waals surface area contributed by atoms with Crippen LogP contribution in [0, 0.1) is 5.82 Å². The first-order valence-electron chi connectivity index (χ1n) is 6.46. The number of ether oxygens (including phenoxy) is 1. The molecule has 108 valence electrons. The Labute approximate surface area is 134 Å². The van der Waals surface area contributed by atoms with E-state index in [1.165, 1.54) is 17.4 Å². The molecule has 0 aliphatic carbocycles. The largest absolute Gasteiger partial charge is 0.489 e. The fourth-order valence-electron chi connectivity index (χ4n) is 2.25. The van der Waals surface area contributed by atoms with Gasteiger partial charge in [-0.05, 0) is 30.3 Å². The van der Waals surface area contributed by atoms with Crippen molar-refractivity contribution in [2.45, 2.75) is 13.2 Å². The molecule has 0 spiro atoms. The first-order chi connectivity index (χ1) is 10.2. The highest BCUT2D eigenvalue weighted by molar-refractivity contribution is 9.10. The van der Waals surface area contributed by atoms with Crippen LogP contribution < -0.4 is 10.5 Å². The molecule has 1 aromatic heterocycles. The van der Waals surface area contributed by atoms with Gasteiger partial charge in [-0.25, -0.2) is 4.39 Å². The summed E-state index contributed by atoms with van der Waals surface area (Å²) in [5.41, 5.74) is 6.63. The molecule has 0 fully saturated rings. The van der Waals surface area contributed by atoms with E-state index >= 15 is 0 Å². The molecule has 0 atom stereocenters. The minimum Gasteiger partial charge on any atom is -0.489 e. The molecule has 2 aromatic carbocycles. The lowest BCUT2D eigenvalue weighted by Crippen LogP contribution is -2.02. The van der Waals surface area contributed by atoms with Crippen LogP contribution in [0.4, 0.5) is 4.39 Å². The second-order valence-corrected chi connectivity index (χ2v) is 6.62. The monoisotopic (exact) mass is 365 g/mol. The zero-order chi connectivity index (χ0) is 14.8. The summed E-state index contributed by atoms with van der Waals surface area (Å²) in [7, 11) is 0. The molecule has 0 unspecified atom stereocenters. The Kier molecular flexibility index (Phi) is 4.24. The molecule has 0 amide bonds. The Morgan fingerprint density at radius 3 is 2.76 bits per heavy atom. The lowest BCUT2D eigenvalue weighted by atomic mass is 10.1. The van der Waals surface area contributed by atoms with E-state index in [4.69, 9.17) is 10.5 Å². The summed E-state index contributed by atoms with van der Waals surface area (Å²) < 4.78 is 21.7. The van der Waals surface area contributed by atoms with Gasteiger partial charge in [-0.3, -0.25) is 0 Å². The maximum absolute atomic E-state index is 14.1. The predicted octanol–water partition coefficient (Wildman–Crippen LogP) is 4.84. The number of thiophene rings is 1. The molecule has 0 saturated heterocycles. The molecule has 0 bridgehead atoms. The van der Waals surface area contributed by atoms with Crippen LogP contribution in [0.3, 0.4) is 0 Å². The van der Waals surface area contributed by atoms with E-state index in [9.17, 15) is 4.39 Å². The Hall–Kier alpha value is -1.43. The van der Waals surface area contributed by atoms with Crippen molar-refractivity contribution < 1.29 is 9.13 Å². The van der Waals surface area contributed by atoms with Crippen LogP contribution >= 0.6 is 27.3 Å². The second kappa shape index (κ2) is 6.13. The van der Waals surface area contributed by atoms with E-state index in [0.29, 0.717) is 18.5 Å². The fourth-order valence-corrected chi connectivity index (χ4v) is 3.73. The molecule has 3 aromatic rings. The summed E-state index contributed by atoms with van der Waals surface area (Å²) in [6, 6.07) is 12.7. The van der Waals surface area contributed by atoms with Gasteiger partial charge in [0.25, 0.3) is 0 Å². The number of benzene rings is 2. The van der Waals surface area contributed by atoms with E-state index in [1.54, 1.807) is 6.07 Å². The van der Waals surface area contributed by atoms with Gasteiger partial charge >= 0.3 is 0 Å². The van der Waals surface area contributed by atoms with Gasteiger partial charge in [-0.15, -0.1) is 11.3 Å². The topological polar surface area (TPSA) is 35.2 Å². The third-order valence-corrected chi connectivity index (χ3v) is 4.92. The van der Waals surface area contributed by atoms with Gasteiger partial charge in [0.1, 0.15) is 18.2 Å². The molecule has 2 N–H and O–H groups in total. The van der Waals surface area contributed by atoms with Crippen LogP contribution in [-0.2, 0) is 13.2 Å². The van der Waals surface area contributed by atoms with Crippen LogP contribution in [0.15, 0.2) is 46.9 Å². The van der Waals surface area contributed by atoms with Crippen LogP contribution in [0.5, 0.6) is 5.75 Å². The average Bonchev–Trinajstić information content (AvgIpc) is 2.84. The minimum absolute atomic E-state index is 0.226. The molecule has 1 heterocycles. The van der Waals surface area contributed by atoms with Gasteiger partial charge in [0, 0.05) is 31.5 Å². The number of hydrogen-bond acceptors (Lipinski definition) is 3. The Balaban J connectivity index is 1.96. The van der Waals surface area contributed by atoms with Gasteiger partial charge < -0.3 is 10.5 Å². The summed E-state index contributed by atoms with van der Waals surface area (Å²) in [5, 5.41) is 0.623. The molecular weight excluding hydrogens is 353 g/mol. The number of fused-ring (bicyclic) bond motifs is 1. The zero-order valence-electron chi connectivity index (χ0n) is 11.1. The zero-order valence-corrected chi connectivity index (χ0v) is 13.5. The minimum atomic E-state index is -0.226. The van der Waals surface area contributed by atoms with Crippen molar-refractivity contribution in [3.8, 4) is 5.75 Å². The first-order valence-corrected chi connectivity index (χ1v) is 8.07. The Morgan fingerprint density at radius 2 is 2.00 bits per heavy atom. The maximum atomic E-state index is 14.1. The SMILES string of the molecule is NCc1sc2cccc(F)c2c1COc1cccc(Br)c1. The van der Waals surface area contributed by atoms with Gasteiger partial charge in [-0.2, -0.15) is 0 Å². The molecule has 21 heavy (non-hydrogen) atoms. The highest BCUT2D eigenvalue weighted by Crippen LogP contribution is 2.34. The molecule has 0 radical (unpaired) electrons. The molecule has 3 rings (SSSR count). The Morgan fingerprint density at radius 1 is 1.19 bits per heavy atom. The van der Waals surface area contributed by atoms with E-state index in [1.807, 2.05) is 30.3 Å². The number of halogens is 2. The molecule has 0 aliphatic heterocycles. The summed E-state index contributed by atoms with van der Waals surface area (Å²) in [4.78, 5) is 0.963. The van der Waals surface area contributed by atoms with E-state index < -0.39 is 0 Å². The third kappa shape index (κ3) is 2.95. The summed E-state index contributed by atoms with van der Waals surface area (Å²) in [6.07, 6.45) is 0. The van der Waals surface area contributed by atoms with Crippen molar-refractivity contribution in [2.24, 2.45) is 5.73 Å². The third-order valence-electron chi connectivity index (χ3n) is 3.21. The van der Waals surface area contributed by atoms with E-state index in [-0.39, 0.29) is 5.82 Å². The molecule has 2 nitrogen and oxygen atoms in total. The smallest absolute Gasteiger partial charge is 0.132 e. The lowest BCUT2D eigenvalue weighted by Gasteiger charge is -2.08. The fraction of sp³-hybridized carbons (Fsp3) is 0.125. The highest BCUT2D eigenvalue weighted by atomic mass is 79.9. The second-order valence-electron chi connectivity index (χ2n) is 4.57. The van der Waals surface area contributed by atoms with Crippen molar-refractivity contribution in [3.63, 3.8) is 0 Å². The van der Waals surface area contributed by atoms with Crippen LogP contribution in [0.2, 0.25) is 0 Å². The van der Waals surface area contributed by atoms with Gasteiger partial charge in [0.15, 0.2) is 0 Å². The normalized spacial score (nSPS) is 11.0. The first kappa shape index (κ1) is 14.5. The maximum Gasteiger partial charge on any atom is 0.132 e. The quantitative estimate of drug-likeness (QED) is 0.717. The van der Waals surface area contributed by atoms with Gasteiger partial charge in [0.2, 0.25) is 0 Å². The van der Waals surface area contributed by atoms with Crippen LogP contribution in [-0.4, -0.2) is 0 Å². The average molecular weight is 366 g/mol. The van der Waals surface area contributed by atoms with Gasteiger partial charge in [0.05, 0.1) is 0 Å². The standard InChI is InChI=1S/C16H13BrFNOS/c17-10-3-1-4-11(7-10)20-9-12-15(8-19)21-14-6-2-5-13(18)16(12)14/h1-7H,8-9,19H2. The van der Waals surface area contributed by atoms with Gasteiger partial charge in [-0.1, -0.05) is 28.1 Å². The van der Waals surface area contributed by atoms with Crippen LogP contribution in [0.25, 0.3) is 10.1 Å². The van der Waals surface area contributed by atoms with Crippen molar-refractivity contribution in [1.29, 1.82) is 0 Å². The van der Waals surface area contributed by atoms with Crippen molar-refractivity contribution in [3.05, 3.63) is 63.2 Å². The number of hydrogen-bond donors (Lipinski definition) is 1. The van der Waals surface area contributed by atoms with Crippen molar-refractivity contribution in [2.75, 3.05) is 0 Å². The number of rotatable bonds is 4. The lowest BCUT2D eigenvalue weighted by molar-refractivity contribution is 0.306.